The number of fused-ring (bicyclic) bond motifs is 1. The number of aryl methyl sites for hydroxylation is 1. The Bertz CT molecular complexity index is 1200. The quantitative estimate of drug-likeness (QED) is 0.520. The molecule has 31 heavy (non-hydrogen) atoms. The summed E-state index contributed by atoms with van der Waals surface area (Å²) in [5.74, 6) is -1.75. The molecule has 2 N–H and O–H groups in total. The van der Waals surface area contributed by atoms with Crippen molar-refractivity contribution in [2.24, 2.45) is 0 Å². The molecule has 0 aliphatic heterocycles. The van der Waals surface area contributed by atoms with Crippen molar-refractivity contribution in [1.29, 1.82) is 0 Å². The summed E-state index contributed by atoms with van der Waals surface area (Å²) in [5, 5.41) is 3.45. The molecule has 0 spiro atoms. The predicted molar refractivity (Wildman–Crippen MR) is 113 cm³/mol. The zero-order valence-corrected chi connectivity index (χ0v) is 18.0. The fourth-order valence-corrected chi connectivity index (χ4v) is 4.89. The maximum absolute atomic E-state index is 14.7. The Morgan fingerprint density at radius 1 is 1.35 bits per heavy atom. The first kappa shape index (κ1) is 21.5. The molecule has 0 bridgehead atoms. The molecule has 0 radical (unpaired) electrons. The number of thiazole rings is 1. The smallest absolute Gasteiger partial charge is 0.242 e. The summed E-state index contributed by atoms with van der Waals surface area (Å²) >= 11 is -1.83. The number of pyridine rings is 1. The first-order valence-electron chi connectivity index (χ1n) is 9.50. The first-order valence-corrected chi connectivity index (χ1v) is 11.5. The summed E-state index contributed by atoms with van der Waals surface area (Å²) in [6, 6.07) is 6.33. The molecule has 2 atom stereocenters. The van der Waals surface area contributed by atoms with Gasteiger partial charge in [-0.05, 0) is 54.6 Å². The molecular weight excluding hydrogens is 443 g/mol. The van der Waals surface area contributed by atoms with Gasteiger partial charge in [-0.1, -0.05) is 0 Å². The lowest BCUT2D eigenvalue weighted by Crippen LogP contribution is -2.40. The third kappa shape index (κ3) is 4.94. The Morgan fingerprint density at radius 3 is 2.81 bits per heavy atom. The highest BCUT2D eigenvalue weighted by molar-refractivity contribution is 7.80. The minimum Gasteiger partial charge on any atom is -0.771 e. The van der Waals surface area contributed by atoms with Gasteiger partial charge in [0.15, 0.2) is 5.25 Å². The number of nitrogens with zero attached hydrogens (tertiary/aromatic N) is 2. The molecule has 4 rings (SSSR count). The van der Waals surface area contributed by atoms with Crippen LogP contribution in [0.3, 0.4) is 0 Å². The Hall–Kier alpha value is -2.76. The van der Waals surface area contributed by atoms with E-state index in [0.29, 0.717) is 15.8 Å². The molecule has 11 heteroatoms. The van der Waals surface area contributed by atoms with E-state index in [9.17, 15) is 22.7 Å². The summed E-state index contributed by atoms with van der Waals surface area (Å²) in [5.41, 5.74) is 1.94. The number of nitrogens with one attached hydrogen (secondary N) is 2. The molecule has 162 valence electrons. The molecule has 2 heterocycles. The average Bonchev–Trinajstić information content (AvgIpc) is 3.43. The monoisotopic (exact) mass is 461 g/mol. The van der Waals surface area contributed by atoms with Gasteiger partial charge in [-0.15, -0.1) is 11.3 Å². The normalized spacial score (nSPS) is 15.5. The summed E-state index contributed by atoms with van der Waals surface area (Å²) in [6.07, 6.45) is 3.37. The molecule has 1 aliphatic rings. The number of carbonyl (C=O) groups excluding carboxylic acids is 2. The van der Waals surface area contributed by atoms with Crippen molar-refractivity contribution in [2.45, 2.75) is 31.1 Å². The summed E-state index contributed by atoms with van der Waals surface area (Å²) < 4.78 is 38.8. The van der Waals surface area contributed by atoms with Crippen molar-refractivity contribution >= 4 is 44.4 Å². The van der Waals surface area contributed by atoms with E-state index in [1.807, 2.05) is 0 Å². The Morgan fingerprint density at radius 2 is 2.13 bits per heavy atom. The third-order valence-corrected chi connectivity index (χ3v) is 6.78. The van der Waals surface area contributed by atoms with Crippen molar-refractivity contribution in [1.82, 2.24) is 20.6 Å². The number of hydrogen-bond donors (Lipinski definition) is 2. The van der Waals surface area contributed by atoms with Gasteiger partial charge in [-0.2, -0.15) is 0 Å². The van der Waals surface area contributed by atoms with E-state index in [1.165, 1.54) is 6.07 Å². The lowest BCUT2D eigenvalue weighted by atomic mass is 10.1. The minimum atomic E-state index is -2.82. The largest absolute Gasteiger partial charge is 0.771 e. The van der Waals surface area contributed by atoms with Crippen LogP contribution >= 0.6 is 11.3 Å². The highest BCUT2D eigenvalue weighted by Crippen LogP contribution is 2.34. The number of hydrogen-bond acceptors (Lipinski definition) is 7. The fraction of sp³-hybridized carbons (Fsp3) is 0.300. The Kier molecular flexibility index (Phi) is 6.08. The van der Waals surface area contributed by atoms with Gasteiger partial charge in [0.2, 0.25) is 11.8 Å². The fourth-order valence-electron chi connectivity index (χ4n) is 3.06. The van der Waals surface area contributed by atoms with Gasteiger partial charge in [0.05, 0.1) is 16.8 Å². The van der Waals surface area contributed by atoms with Gasteiger partial charge in [-0.25, -0.2) is 9.37 Å². The minimum absolute atomic E-state index is 0.00546. The number of rotatable bonds is 7. The van der Waals surface area contributed by atoms with E-state index in [2.05, 4.69) is 20.6 Å². The molecule has 3 aromatic rings. The molecule has 1 saturated carbocycles. The zero-order chi connectivity index (χ0) is 22.1. The van der Waals surface area contributed by atoms with Gasteiger partial charge in [0.25, 0.3) is 0 Å². The van der Waals surface area contributed by atoms with E-state index < -0.39 is 28.1 Å². The molecule has 2 amide bonds. The molecular formula is C20H18FN4O4S2-. The predicted octanol–water partition coefficient (Wildman–Crippen LogP) is 2.12. The third-order valence-electron chi connectivity index (χ3n) is 4.72. The average molecular weight is 462 g/mol. The lowest BCUT2D eigenvalue weighted by molar-refractivity contribution is -0.126. The van der Waals surface area contributed by atoms with E-state index in [0.717, 1.165) is 29.9 Å². The van der Waals surface area contributed by atoms with E-state index >= 15 is 0 Å². The molecule has 1 fully saturated rings. The molecule has 2 unspecified atom stereocenters. The van der Waals surface area contributed by atoms with Crippen LogP contribution < -0.4 is 10.6 Å². The number of carbonyl (C=O) groups is 2. The zero-order valence-electron chi connectivity index (χ0n) is 16.4. The van der Waals surface area contributed by atoms with Crippen LogP contribution in [0.25, 0.3) is 21.3 Å². The van der Waals surface area contributed by atoms with Crippen LogP contribution in [0.2, 0.25) is 0 Å². The van der Waals surface area contributed by atoms with Crippen LogP contribution in [0.1, 0.15) is 28.8 Å². The van der Waals surface area contributed by atoms with Gasteiger partial charge < -0.3 is 15.2 Å². The van der Waals surface area contributed by atoms with Crippen LogP contribution in [0.4, 0.5) is 4.39 Å². The summed E-state index contributed by atoms with van der Waals surface area (Å²) in [7, 11) is 0. The highest BCUT2D eigenvalue weighted by Gasteiger charge is 2.28. The van der Waals surface area contributed by atoms with Crippen LogP contribution in [0.15, 0.2) is 30.5 Å². The topological polar surface area (TPSA) is 124 Å². The van der Waals surface area contributed by atoms with Crippen molar-refractivity contribution in [3.63, 3.8) is 0 Å². The summed E-state index contributed by atoms with van der Waals surface area (Å²) in [6.45, 7) is 1.47. The van der Waals surface area contributed by atoms with E-state index in [1.54, 1.807) is 31.3 Å². The second-order valence-electron chi connectivity index (χ2n) is 7.24. The Balaban J connectivity index is 1.59. The summed E-state index contributed by atoms with van der Waals surface area (Å²) in [4.78, 5) is 32.5. The van der Waals surface area contributed by atoms with Gasteiger partial charge in [0, 0.05) is 29.6 Å². The van der Waals surface area contributed by atoms with Crippen LogP contribution in [-0.4, -0.2) is 43.1 Å². The van der Waals surface area contributed by atoms with E-state index in [-0.39, 0.29) is 29.0 Å². The molecule has 8 nitrogen and oxygen atoms in total. The van der Waals surface area contributed by atoms with Crippen molar-refractivity contribution in [3.05, 3.63) is 47.0 Å². The second-order valence-corrected chi connectivity index (χ2v) is 9.29. The van der Waals surface area contributed by atoms with Crippen LogP contribution in [-0.2, 0) is 20.7 Å². The first-order chi connectivity index (χ1) is 14.8. The van der Waals surface area contributed by atoms with Crippen molar-refractivity contribution in [2.75, 3.05) is 6.54 Å². The SMILES string of the molecule is Cc1cc(-c2cc3sc(C(C(=O)NCC(=O)NC4CC4)S(=O)[O-])nc3cc2F)ccn1. The van der Waals surface area contributed by atoms with Crippen LogP contribution in [0.5, 0.6) is 0 Å². The van der Waals surface area contributed by atoms with Crippen molar-refractivity contribution < 1.29 is 22.7 Å². The highest BCUT2D eigenvalue weighted by atomic mass is 32.2. The van der Waals surface area contributed by atoms with Crippen molar-refractivity contribution in [3.8, 4) is 11.1 Å². The van der Waals surface area contributed by atoms with Gasteiger partial charge in [-0.3, -0.25) is 18.8 Å². The number of halogens is 1. The number of aromatic nitrogens is 2. The number of amides is 2. The molecule has 2 aromatic heterocycles. The molecule has 1 aliphatic carbocycles. The number of benzene rings is 1. The molecule has 0 saturated heterocycles. The maximum atomic E-state index is 14.7. The standard InChI is InChI=1S/C20H19FN4O4S2/c1-10-6-11(4-5-22-10)13-7-16-15(8-14(13)21)25-20(30-16)18(31(28)29)19(27)23-9-17(26)24-12-2-3-12/h4-8,12,18H,2-3,9H2,1H3,(H,23,27)(H,24,26)(H,28,29)/p-1. The van der Waals surface area contributed by atoms with Gasteiger partial charge >= 0.3 is 0 Å². The second kappa shape index (κ2) is 8.77. The van der Waals surface area contributed by atoms with E-state index in [4.69, 9.17) is 0 Å². The molecule has 1 aromatic carbocycles. The van der Waals surface area contributed by atoms with Crippen LogP contribution in [0, 0.1) is 12.7 Å². The van der Waals surface area contributed by atoms with Gasteiger partial charge in [0.1, 0.15) is 10.8 Å². The maximum Gasteiger partial charge on any atom is 0.242 e. The Labute approximate surface area is 183 Å². The lowest BCUT2D eigenvalue weighted by Gasteiger charge is -2.16.